The van der Waals surface area contributed by atoms with E-state index in [0.717, 1.165) is 51.7 Å². The smallest absolute Gasteiger partial charge is 0.243 e. The Bertz CT molecular complexity index is 1550. The van der Waals surface area contributed by atoms with Crippen LogP contribution in [0.25, 0.3) is 11.3 Å². The van der Waals surface area contributed by atoms with Crippen LogP contribution in [0.15, 0.2) is 88.1 Å². The molecule has 3 aromatic carbocycles. The molecule has 0 spiro atoms. The average Bonchev–Trinajstić information content (AvgIpc) is 3.67. The van der Waals surface area contributed by atoms with Crippen molar-refractivity contribution in [2.24, 2.45) is 4.99 Å². The minimum Gasteiger partial charge on any atom is -0.454 e. The zero-order chi connectivity index (χ0) is 24.5. The van der Waals surface area contributed by atoms with Crippen LogP contribution in [-0.4, -0.2) is 37.2 Å². The van der Waals surface area contributed by atoms with Crippen LogP contribution in [-0.2, 0) is 16.6 Å². The number of benzene rings is 3. The van der Waals surface area contributed by atoms with Gasteiger partial charge in [0.1, 0.15) is 0 Å². The van der Waals surface area contributed by atoms with E-state index < -0.39 is 10.0 Å². The number of rotatable bonds is 6. The lowest BCUT2D eigenvalue weighted by Gasteiger charge is -2.16. The molecule has 1 fully saturated rings. The van der Waals surface area contributed by atoms with Crippen LogP contribution in [0, 0.1) is 0 Å². The Morgan fingerprint density at radius 3 is 2.42 bits per heavy atom. The highest BCUT2D eigenvalue weighted by atomic mass is 32.2. The maximum absolute atomic E-state index is 13.0. The van der Waals surface area contributed by atoms with Crippen molar-refractivity contribution in [2.75, 3.05) is 19.9 Å². The molecule has 1 aromatic heterocycles. The van der Waals surface area contributed by atoms with Gasteiger partial charge in [0.25, 0.3) is 0 Å². The maximum Gasteiger partial charge on any atom is 0.243 e. The minimum atomic E-state index is -3.45. The second kappa shape index (κ2) is 9.57. The summed E-state index contributed by atoms with van der Waals surface area (Å²) >= 11 is 1.55. The third-order valence-corrected chi connectivity index (χ3v) is 9.19. The first kappa shape index (κ1) is 23.0. The molecule has 4 aromatic rings. The van der Waals surface area contributed by atoms with Crippen LogP contribution >= 0.6 is 11.3 Å². The average molecular weight is 520 g/mol. The molecule has 0 aliphatic carbocycles. The molecule has 0 radical (unpaired) electrons. The molecule has 1 saturated heterocycles. The van der Waals surface area contributed by atoms with Crippen LogP contribution in [0.1, 0.15) is 18.4 Å². The number of aromatic nitrogens is 1. The number of nitrogens with zero attached hydrogens (tertiary/aromatic N) is 3. The number of para-hydroxylation sites is 1. The van der Waals surface area contributed by atoms with E-state index in [1.807, 2.05) is 60.7 Å². The molecule has 7 nitrogen and oxygen atoms in total. The lowest BCUT2D eigenvalue weighted by atomic mass is 10.1. The summed E-state index contributed by atoms with van der Waals surface area (Å²) < 4.78 is 40.7. The number of hydrogen-bond donors (Lipinski definition) is 0. The van der Waals surface area contributed by atoms with Crippen molar-refractivity contribution in [1.29, 1.82) is 0 Å². The molecule has 0 atom stereocenters. The first-order valence-electron chi connectivity index (χ1n) is 11.9. The first-order valence-corrected chi connectivity index (χ1v) is 14.2. The summed E-state index contributed by atoms with van der Waals surface area (Å²) in [5, 5.41) is 2.07. The third kappa shape index (κ3) is 4.45. The monoisotopic (exact) mass is 519 g/mol. The summed E-state index contributed by atoms with van der Waals surface area (Å²) in [5.41, 5.74) is 3.83. The molecule has 184 valence electrons. The largest absolute Gasteiger partial charge is 0.454 e. The topological polar surface area (TPSA) is 73.1 Å². The van der Waals surface area contributed by atoms with Crippen molar-refractivity contribution in [1.82, 2.24) is 8.87 Å². The van der Waals surface area contributed by atoms with Crippen molar-refractivity contribution < 1.29 is 17.9 Å². The maximum atomic E-state index is 13.0. The lowest BCUT2D eigenvalue weighted by molar-refractivity contribution is 0.174. The standard InChI is InChI=1S/C27H25N3O4S2/c31-36(32,29-14-4-5-15-29)23-11-9-21(10-12-23)24-18-35-27(28-22-6-2-1-3-7-22)30(24)17-20-8-13-25-26(16-20)34-19-33-25/h1-3,6-13,16,18H,4-5,14-15,17,19H2. The van der Waals surface area contributed by atoms with Gasteiger partial charge in [0.2, 0.25) is 16.8 Å². The van der Waals surface area contributed by atoms with Crippen LogP contribution in [0.2, 0.25) is 0 Å². The quantitative estimate of drug-likeness (QED) is 0.359. The number of sulfonamides is 1. The van der Waals surface area contributed by atoms with Gasteiger partial charge in [-0.3, -0.25) is 0 Å². The molecule has 6 rings (SSSR count). The third-order valence-electron chi connectivity index (χ3n) is 6.41. The predicted octanol–water partition coefficient (Wildman–Crippen LogP) is 5.01. The van der Waals surface area contributed by atoms with E-state index in [4.69, 9.17) is 14.5 Å². The van der Waals surface area contributed by atoms with Gasteiger partial charge in [0.05, 0.1) is 22.8 Å². The fourth-order valence-electron chi connectivity index (χ4n) is 4.51. The van der Waals surface area contributed by atoms with E-state index in [9.17, 15) is 8.42 Å². The molecule has 3 heterocycles. The SMILES string of the molecule is O=S(=O)(c1ccc(-c2csc(=Nc3ccccc3)n2Cc2ccc3c(c2)OCO3)cc1)N1CCCC1. The summed E-state index contributed by atoms with van der Waals surface area (Å²) in [4.78, 5) is 6.07. The van der Waals surface area contributed by atoms with Crippen molar-refractivity contribution in [3.63, 3.8) is 0 Å². The van der Waals surface area contributed by atoms with Gasteiger partial charge < -0.3 is 14.0 Å². The molecular weight excluding hydrogens is 494 g/mol. The minimum absolute atomic E-state index is 0.233. The summed E-state index contributed by atoms with van der Waals surface area (Å²) in [7, 11) is -3.45. The second-order valence-electron chi connectivity index (χ2n) is 8.76. The Morgan fingerprint density at radius 1 is 0.889 bits per heavy atom. The van der Waals surface area contributed by atoms with E-state index >= 15 is 0 Å². The van der Waals surface area contributed by atoms with Gasteiger partial charge in [-0.25, -0.2) is 13.4 Å². The van der Waals surface area contributed by atoms with E-state index in [1.54, 1.807) is 27.8 Å². The van der Waals surface area contributed by atoms with E-state index in [-0.39, 0.29) is 6.79 Å². The van der Waals surface area contributed by atoms with Gasteiger partial charge in [0.15, 0.2) is 16.3 Å². The van der Waals surface area contributed by atoms with Crippen LogP contribution in [0.4, 0.5) is 5.69 Å². The Hall–Kier alpha value is -3.40. The molecule has 0 N–H and O–H groups in total. The Kier molecular flexibility index (Phi) is 6.12. The molecule has 0 bridgehead atoms. The first-order chi connectivity index (χ1) is 17.6. The van der Waals surface area contributed by atoms with Crippen molar-refractivity contribution in [3.05, 3.63) is 88.5 Å². The lowest BCUT2D eigenvalue weighted by Crippen LogP contribution is -2.27. The van der Waals surface area contributed by atoms with Gasteiger partial charge in [0, 0.05) is 18.5 Å². The van der Waals surface area contributed by atoms with Crippen molar-refractivity contribution in [2.45, 2.75) is 24.3 Å². The van der Waals surface area contributed by atoms with Gasteiger partial charge in [-0.15, -0.1) is 11.3 Å². The van der Waals surface area contributed by atoms with E-state index in [2.05, 4.69) is 9.95 Å². The Labute approximate surface area is 213 Å². The highest BCUT2D eigenvalue weighted by Crippen LogP contribution is 2.33. The summed E-state index contributed by atoms with van der Waals surface area (Å²) in [6.45, 7) is 1.99. The molecule has 0 amide bonds. The van der Waals surface area contributed by atoms with E-state index in [1.165, 1.54) is 0 Å². The predicted molar refractivity (Wildman–Crippen MR) is 139 cm³/mol. The molecular formula is C27H25N3O4S2. The van der Waals surface area contributed by atoms with Crippen LogP contribution < -0.4 is 14.3 Å². The van der Waals surface area contributed by atoms with Crippen LogP contribution in [0.3, 0.4) is 0 Å². The molecule has 36 heavy (non-hydrogen) atoms. The number of thiazole rings is 1. The van der Waals surface area contributed by atoms with Crippen molar-refractivity contribution in [3.8, 4) is 22.8 Å². The fourth-order valence-corrected chi connectivity index (χ4v) is 6.96. The van der Waals surface area contributed by atoms with E-state index in [0.29, 0.717) is 24.5 Å². The zero-order valence-corrected chi connectivity index (χ0v) is 21.2. The molecule has 9 heteroatoms. The number of hydrogen-bond acceptors (Lipinski definition) is 6. The highest BCUT2D eigenvalue weighted by molar-refractivity contribution is 7.89. The molecule has 2 aliphatic heterocycles. The molecule has 0 unspecified atom stereocenters. The van der Waals surface area contributed by atoms with Gasteiger partial charge >= 0.3 is 0 Å². The summed E-state index contributed by atoms with van der Waals surface area (Å²) in [6, 6.07) is 23.0. The summed E-state index contributed by atoms with van der Waals surface area (Å²) in [6.07, 6.45) is 1.83. The van der Waals surface area contributed by atoms with Gasteiger partial charge in [-0.2, -0.15) is 4.31 Å². The fraction of sp³-hybridized carbons (Fsp3) is 0.222. The molecule has 2 aliphatic rings. The molecule has 0 saturated carbocycles. The number of fused-ring (bicyclic) bond motifs is 1. The van der Waals surface area contributed by atoms with Gasteiger partial charge in [-0.05, 0) is 60.4 Å². The zero-order valence-electron chi connectivity index (χ0n) is 19.5. The number of ether oxygens (including phenoxy) is 2. The summed E-state index contributed by atoms with van der Waals surface area (Å²) in [5.74, 6) is 1.49. The normalized spacial score (nSPS) is 16.1. The Morgan fingerprint density at radius 2 is 1.64 bits per heavy atom. The van der Waals surface area contributed by atoms with Crippen LogP contribution in [0.5, 0.6) is 11.5 Å². The van der Waals surface area contributed by atoms with Gasteiger partial charge in [-0.1, -0.05) is 36.4 Å². The second-order valence-corrected chi connectivity index (χ2v) is 11.5. The highest BCUT2D eigenvalue weighted by Gasteiger charge is 2.27. The Balaban J connectivity index is 1.39. The van der Waals surface area contributed by atoms with Crippen molar-refractivity contribution >= 4 is 27.0 Å².